The van der Waals surface area contributed by atoms with E-state index in [9.17, 15) is 9.18 Å². The van der Waals surface area contributed by atoms with Gasteiger partial charge in [0.25, 0.3) is 5.91 Å². The number of hydrogen-bond donors (Lipinski definition) is 2. The van der Waals surface area contributed by atoms with Crippen molar-refractivity contribution >= 4 is 5.91 Å². The number of rotatable bonds is 7. The zero-order chi connectivity index (χ0) is 13.4. The topological polar surface area (TPSA) is 64.3 Å². The Morgan fingerprint density at radius 3 is 2.94 bits per heavy atom. The Morgan fingerprint density at radius 1 is 1.50 bits per heavy atom. The summed E-state index contributed by atoms with van der Waals surface area (Å²) in [6, 6.07) is 4.31. The lowest BCUT2D eigenvalue weighted by molar-refractivity contribution is -0.122. The van der Waals surface area contributed by atoms with Crippen molar-refractivity contribution in [1.29, 1.82) is 0 Å². The predicted octanol–water partition coefficient (Wildman–Crippen LogP) is 1.01. The molecule has 0 radical (unpaired) electrons. The molecule has 4 nitrogen and oxygen atoms in total. The van der Waals surface area contributed by atoms with Crippen molar-refractivity contribution in [3.05, 3.63) is 42.2 Å². The van der Waals surface area contributed by atoms with E-state index in [0.29, 0.717) is 25.3 Å². The van der Waals surface area contributed by atoms with Crippen molar-refractivity contribution in [2.24, 2.45) is 5.73 Å². The summed E-state index contributed by atoms with van der Waals surface area (Å²) in [6.45, 7) is 4.14. The summed E-state index contributed by atoms with van der Waals surface area (Å²) in [5, 5.41) is 2.56. The molecule has 0 atom stereocenters. The summed E-state index contributed by atoms with van der Waals surface area (Å²) in [5.74, 6) is -0.353. The lowest BCUT2D eigenvalue weighted by Gasteiger charge is -2.08. The average molecular weight is 252 g/mol. The van der Waals surface area contributed by atoms with Crippen molar-refractivity contribution in [1.82, 2.24) is 5.32 Å². The van der Waals surface area contributed by atoms with Crippen LogP contribution in [0.5, 0.6) is 5.75 Å². The first kappa shape index (κ1) is 14.2. The lowest BCUT2D eigenvalue weighted by Crippen LogP contribution is -2.28. The number of nitrogens with one attached hydrogen (secondary N) is 1. The van der Waals surface area contributed by atoms with Gasteiger partial charge in [-0.2, -0.15) is 0 Å². The van der Waals surface area contributed by atoms with Gasteiger partial charge in [-0.3, -0.25) is 4.79 Å². The van der Waals surface area contributed by atoms with Crippen LogP contribution in [0.2, 0.25) is 0 Å². The Morgan fingerprint density at radius 2 is 2.28 bits per heavy atom. The van der Waals surface area contributed by atoms with Crippen molar-refractivity contribution in [3.8, 4) is 5.75 Å². The van der Waals surface area contributed by atoms with Crippen molar-refractivity contribution in [2.45, 2.75) is 6.42 Å². The molecule has 5 heteroatoms. The number of halogens is 1. The van der Waals surface area contributed by atoms with E-state index in [1.54, 1.807) is 12.1 Å². The van der Waals surface area contributed by atoms with Gasteiger partial charge in [0.05, 0.1) is 0 Å². The largest absolute Gasteiger partial charge is 0.484 e. The first-order valence-electron chi connectivity index (χ1n) is 5.65. The molecular formula is C13H17FN2O2. The van der Waals surface area contributed by atoms with Crippen LogP contribution in [-0.2, 0) is 11.2 Å². The molecule has 0 saturated carbocycles. The number of hydrogen-bond acceptors (Lipinski definition) is 3. The molecule has 98 valence electrons. The van der Waals surface area contributed by atoms with Gasteiger partial charge in [0, 0.05) is 12.6 Å². The normalized spacial score (nSPS) is 9.89. The summed E-state index contributed by atoms with van der Waals surface area (Å²) in [7, 11) is 0. The molecule has 0 aliphatic rings. The van der Waals surface area contributed by atoms with Gasteiger partial charge in [-0.1, -0.05) is 6.08 Å². The van der Waals surface area contributed by atoms with Crippen molar-refractivity contribution in [2.75, 3.05) is 19.7 Å². The molecule has 0 heterocycles. The van der Waals surface area contributed by atoms with Crippen LogP contribution in [0.3, 0.4) is 0 Å². The van der Waals surface area contributed by atoms with Crippen LogP contribution in [0, 0.1) is 5.82 Å². The van der Waals surface area contributed by atoms with E-state index >= 15 is 0 Å². The minimum atomic E-state index is -0.401. The molecule has 0 aromatic heterocycles. The predicted molar refractivity (Wildman–Crippen MR) is 67.9 cm³/mol. The molecule has 0 unspecified atom stereocenters. The van der Waals surface area contributed by atoms with E-state index in [-0.39, 0.29) is 12.5 Å². The van der Waals surface area contributed by atoms with Crippen LogP contribution >= 0.6 is 0 Å². The van der Waals surface area contributed by atoms with Crippen LogP contribution in [0.1, 0.15) is 5.56 Å². The van der Waals surface area contributed by atoms with Gasteiger partial charge in [0.2, 0.25) is 0 Å². The second-order valence-corrected chi connectivity index (χ2v) is 3.72. The summed E-state index contributed by atoms with van der Waals surface area (Å²) in [4.78, 5) is 11.3. The van der Waals surface area contributed by atoms with E-state index in [1.165, 1.54) is 12.1 Å². The highest BCUT2D eigenvalue weighted by atomic mass is 19.1. The fourth-order valence-electron chi connectivity index (χ4n) is 1.40. The van der Waals surface area contributed by atoms with Gasteiger partial charge in [-0.15, -0.1) is 6.58 Å². The monoisotopic (exact) mass is 252 g/mol. The molecule has 0 spiro atoms. The zero-order valence-corrected chi connectivity index (χ0v) is 10.1. The standard InChI is InChI=1S/C13H17FN2O2/c1-2-5-16-13(17)9-18-12-7-10(3-4-15)6-11(14)8-12/h2,6-8H,1,3-5,9,15H2,(H,16,17). The van der Waals surface area contributed by atoms with E-state index in [2.05, 4.69) is 11.9 Å². The maximum Gasteiger partial charge on any atom is 0.258 e. The number of carbonyl (C=O) groups is 1. The third-order valence-corrected chi connectivity index (χ3v) is 2.18. The molecule has 1 rings (SSSR count). The quantitative estimate of drug-likeness (QED) is 0.712. The number of benzene rings is 1. The summed E-state index contributed by atoms with van der Waals surface area (Å²) < 4.78 is 18.4. The van der Waals surface area contributed by atoms with Gasteiger partial charge < -0.3 is 15.8 Å². The van der Waals surface area contributed by atoms with Gasteiger partial charge in [-0.25, -0.2) is 4.39 Å². The number of carbonyl (C=O) groups excluding carboxylic acids is 1. The van der Waals surface area contributed by atoms with Crippen LogP contribution in [-0.4, -0.2) is 25.6 Å². The molecule has 0 saturated heterocycles. The summed E-state index contributed by atoms with van der Waals surface area (Å²) in [5.41, 5.74) is 6.15. The Bertz CT molecular complexity index is 421. The first-order chi connectivity index (χ1) is 8.65. The maximum atomic E-state index is 13.2. The Kier molecular flexibility index (Phi) is 5.87. The first-order valence-corrected chi connectivity index (χ1v) is 5.65. The highest BCUT2D eigenvalue weighted by Gasteiger charge is 2.04. The molecule has 0 aliphatic carbocycles. The lowest BCUT2D eigenvalue weighted by atomic mass is 10.1. The van der Waals surface area contributed by atoms with Crippen molar-refractivity contribution < 1.29 is 13.9 Å². The van der Waals surface area contributed by atoms with Gasteiger partial charge in [0.1, 0.15) is 11.6 Å². The summed E-state index contributed by atoms with van der Waals surface area (Å²) >= 11 is 0. The van der Waals surface area contributed by atoms with E-state index in [0.717, 1.165) is 5.56 Å². The Hall–Kier alpha value is -1.88. The number of amides is 1. The minimum absolute atomic E-state index is 0.153. The Labute approximate surface area is 106 Å². The second kappa shape index (κ2) is 7.45. The fraction of sp³-hybridized carbons (Fsp3) is 0.308. The molecule has 3 N–H and O–H groups in total. The SMILES string of the molecule is C=CCNC(=O)COc1cc(F)cc(CCN)c1. The number of nitrogens with two attached hydrogens (primary N) is 1. The molecular weight excluding hydrogens is 235 g/mol. The van der Waals surface area contributed by atoms with Crippen molar-refractivity contribution in [3.63, 3.8) is 0 Å². The third-order valence-electron chi connectivity index (χ3n) is 2.18. The molecule has 1 aromatic carbocycles. The maximum absolute atomic E-state index is 13.2. The third kappa shape index (κ3) is 4.97. The average Bonchev–Trinajstić information content (AvgIpc) is 2.33. The van der Waals surface area contributed by atoms with Gasteiger partial charge >= 0.3 is 0 Å². The zero-order valence-electron chi connectivity index (χ0n) is 10.1. The molecule has 18 heavy (non-hydrogen) atoms. The van der Waals surface area contributed by atoms with Gasteiger partial charge in [0.15, 0.2) is 6.61 Å². The highest BCUT2D eigenvalue weighted by molar-refractivity contribution is 5.77. The second-order valence-electron chi connectivity index (χ2n) is 3.72. The molecule has 0 fully saturated rings. The smallest absolute Gasteiger partial charge is 0.258 e. The number of ether oxygens (including phenoxy) is 1. The molecule has 0 aliphatic heterocycles. The van der Waals surface area contributed by atoms with E-state index in [4.69, 9.17) is 10.5 Å². The van der Waals surface area contributed by atoms with E-state index in [1.807, 2.05) is 0 Å². The fourth-order valence-corrected chi connectivity index (χ4v) is 1.40. The van der Waals surface area contributed by atoms with Gasteiger partial charge in [-0.05, 0) is 30.7 Å². The summed E-state index contributed by atoms with van der Waals surface area (Å²) in [6.07, 6.45) is 2.14. The van der Waals surface area contributed by atoms with Crippen LogP contribution < -0.4 is 15.8 Å². The Balaban J connectivity index is 2.55. The van der Waals surface area contributed by atoms with Crippen LogP contribution in [0.4, 0.5) is 4.39 Å². The minimum Gasteiger partial charge on any atom is -0.484 e. The van der Waals surface area contributed by atoms with Crippen LogP contribution in [0.15, 0.2) is 30.9 Å². The molecule has 1 amide bonds. The highest BCUT2D eigenvalue weighted by Crippen LogP contribution is 2.16. The van der Waals surface area contributed by atoms with Crippen LogP contribution in [0.25, 0.3) is 0 Å². The molecule has 0 bridgehead atoms. The van der Waals surface area contributed by atoms with E-state index < -0.39 is 5.82 Å². The molecule has 1 aromatic rings.